The molecule has 0 radical (unpaired) electrons. The Morgan fingerprint density at radius 2 is 2.24 bits per heavy atom. The first kappa shape index (κ1) is 16.3. The van der Waals surface area contributed by atoms with E-state index < -0.39 is 22.8 Å². The fraction of sp³-hybridized carbons (Fsp3) is 0.250. The minimum absolute atomic E-state index is 0.0702. The van der Waals surface area contributed by atoms with Crippen molar-refractivity contribution < 1.29 is 14.3 Å². The normalized spacial score (nSPS) is 17.9. The highest BCUT2D eigenvalue weighted by molar-refractivity contribution is 7.17. The molecule has 3 aromatic rings. The summed E-state index contributed by atoms with van der Waals surface area (Å²) in [6.07, 6.45) is 0.715. The summed E-state index contributed by atoms with van der Waals surface area (Å²) in [4.78, 5) is 26.0. The summed E-state index contributed by atoms with van der Waals surface area (Å²) in [6, 6.07) is 0.982. The summed E-state index contributed by atoms with van der Waals surface area (Å²) in [5, 5.41) is 9.34. The monoisotopic (exact) mass is 381 g/mol. The molecule has 0 bridgehead atoms. The lowest BCUT2D eigenvalue weighted by molar-refractivity contribution is 0.0697. The largest absolute Gasteiger partial charge is 0.477 e. The van der Waals surface area contributed by atoms with Gasteiger partial charge in [0.2, 0.25) is 5.43 Å². The summed E-state index contributed by atoms with van der Waals surface area (Å²) >= 11 is 7.57. The number of rotatable bonds is 2. The third kappa shape index (κ3) is 2.18. The van der Waals surface area contributed by atoms with Crippen LogP contribution in [0.25, 0.3) is 22.3 Å². The number of benzene rings is 1. The van der Waals surface area contributed by atoms with E-state index in [4.69, 9.17) is 17.3 Å². The Balaban J connectivity index is 2.13. The first-order chi connectivity index (χ1) is 11.8. The molecule has 0 amide bonds. The molecule has 0 saturated carbocycles. The van der Waals surface area contributed by atoms with Gasteiger partial charge in [-0.1, -0.05) is 29.5 Å². The molecular formula is C16H13ClFN3O3S. The molecule has 1 atom stereocenters. The SMILES string of the molecule is C=c1sc2c(C(=O)O)c(=O)c3cc(F)c(N4CCC(N)C4)c(Cl)c3n12. The fourth-order valence-corrected chi connectivity index (χ4v) is 4.69. The van der Waals surface area contributed by atoms with Crippen LogP contribution in [0.2, 0.25) is 5.02 Å². The lowest BCUT2D eigenvalue weighted by atomic mass is 10.1. The topological polar surface area (TPSA) is 88.0 Å². The van der Waals surface area contributed by atoms with Crippen LogP contribution in [0.4, 0.5) is 10.1 Å². The molecule has 0 spiro atoms. The van der Waals surface area contributed by atoms with E-state index in [1.54, 1.807) is 4.90 Å². The van der Waals surface area contributed by atoms with E-state index in [9.17, 15) is 19.1 Å². The zero-order valence-electron chi connectivity index (χ0n) is 12.9. The predicted octanol–water partition coefficient (Wildman–Crippen LogP) is 1.67. The van der Waals surface area contributed by atoms with Crippen molar-refractivity contribution in [1.82, 2.24) is 4.40 Å². The van der Waals surface area contributed by atoms with E-state index in [1.165, 1.54) is 4.40 Å². The van der Waals surface area contributed by atoms with Gasteiger partial charge in [-0.05, 0) is 12.5 Å². The third-order valence-electron chi connectivity index (χ3n) is 4.50. The van der Waals surface area contributed by atoms with E-state index in [-0.39, 0.29) is 32.5 Å². The lowest BCUT2D eigenvalue weighted by Crippen LogP contribution is -2.29. The molecule has 9 heteroatoms. The number of aromatic nitrogens is 1. The van der Waals surface area contributed by atoms with Crippen LogP contribution in [0.3, 0.4) is 0 Å². The van der Waals surface area contributed by atoms with Crippen molar-refractivity contribution in [2.45, 2.75) is 12.5 Å². The van der Waals surface area contributed by atoms with E-state index in [0.29, 0.717) is 24.2 Å². The molecule has 2 aromatic heterocycles. The number of aromatic carboxylic acids is 1. The van der Waals surface area contributed by atoms with Gasteiger partial charge in [-0.2, -0.15) is 0 Å². The van der Waals surface area contributed by atoms with Crippen molar-refractivity contribution in [3.05, 3.63) is 37.4 Å². The molecular weight excluding hydrogens is 369 g/mol. The molecule has 1 aliphatic rings. The molecule has 1 aliphatic heterocycles. The van der Waals surface area contributed by atoms with Crippen LogP contribution in [-0.2, 0) is 0 Å². The second-order valence-electron chi connectivity index (χ2n) is 6.06. The maximum atomic E-state index is 14.7. The molecule has 1 unspecified atom stereocenters. The minimum Gasteiger partial charge on any atom is -0.477 e. The van der Waals surface area contributed by atoms with Crippen LogP contribution in [0.1, 0.15) is 16.8 Å². The Hall–Kier alpha value is -2.16. The Morgan fingerprint density at radius 1 is 1.52 bits per heavy atom. The molecule has 1 fully saturated rings. The number of hydrogen-bond acceptors (Lipinski definition) is 5. The van der Waals surface area contributed by atoms with E-state index in [2.05, 4.69) is 6.58 Å². The van der Waals surface area contributed by atoms with Crippen molar-refractivity contribution in [2.24, 2.45) is 5.73 Å². The molecule has 3 heterocycles. The Bertz CT molecular complexity index is 1160. The van der Waals surface area contributed by atoms with Crippen LogP contribution in [0.15, 0.2) is 10.9 Å². The van der Waals surface area contributed by atoms with Gasteiger partial charge in [0, 0.05) is 19.1 Å². The summed E-state index contributed by atoms with van der Waals surface area (Å²) in [6.45, 7) is 4.85. The highest BCUT2D eigenvalue weighted by Crippen LogP contribution is 2.37. The third-order valence-corrected chi connectivity index (χ3v) is 5.86. The summed E-state index contributed by atoms with van der Waals surface area (Å²) in [7, 11) is 0. The number of carboxylic acid groups (broad SMARTS) is 1. The van der Waals surface area contributed by atoms with Gasteiger partial charge >= 0.3 is 5.97 Å². The summed E-state index contributed by atoms with van der Waals surface area (Å²) in [5.74, 6) is -2.03. The standard InChI is InChI=1S/C16H13ClFN3O3S/c1-6-21-12-8(14(22)10(16(23)24)15(21)25-6)4-9(18)13(11(12)17)20-3-2-7(19)5-20/h4,7H,1-3,5,19H2,(H,23,24). The van der Waals surface area contributed by atoms with Gasteiger partial charge in [0.1, 0.15) is 16.2 Å². The average molecular weight is 382 g/mol. The molecule has 6 nitrogen and oxygen atoms in total. The molecule has 1 saturated heterocycles. The molecule has 130 valence electrons. The first-order valence-electron chi connectivity index (χ1n) is 7.53. The number of anilines is 1. The molecule has 1 aromatic carbocycles. The van der Waals surface area contributed by atoms with Gasteiger partial charge in [-0.15, -0.1) is 0 Å². The summed E-state index contributed by atoms with van der Waals surface area (Å²) in [5.41, 5.74) is 5.22. The van der Waals surface area contributed by atoms with Crippen molar-refractivity contribution in [3.8, 4) is 0 Å². The van der Waals surface area contributed by atoms with E-state index in [1.807, 2.05) is 0 Å². The minimum atomic E-state index is -1.36. The van der Waals surface area contributed by atoms with Crippen LogP contribution in [0.5, 0.6) is 0 Å². The van der Waals surface area contributed by atoms with E-state index >= 15 is 0 Å². The highest BCUT2D eigenvalue weighted by atomic mass is 35.5. The molecule has 3 N–H and O–H groups in total. The Kier molecular flexibility index (Phi) is 3.54. The number of hydrogen-bond donors (Lipinski definition) is 2. The van der Waals surface area contributed by atoms with Crippen molar-refractivity contribution in [1.29, 1.82) is 0 Å². The average Bonchev–Trinajstić information content (AvgIpc) is 2.94. The number of fused-ring (bicyclic) bond motifs is 3. The number of carbonyl (C=O) groups is 1. The second kappa shape index (κ2) is 5.42. The zero-order chi connectivity index (χ0) is 18.0. The van der Waals surface area contributed by atoms with Crippen molar-refractivity contribution in [2.75, 3.05) is 18.0 Å². The number of pyridine rings is 1. The van der Waals surface area contributed by atoms with Crippen LogP contribution in [0, 0.1) is 5.82 Å². The maximum absolute atomic E-state index is 14.7. The van der Waals surface area contributed by atoms with Gasteiger partial charge in [0.05, 0.1) is 26.3 Å². The highest BCUT2D eigenvalue weighted by Gasteiger charge is 2.29. The van der Waals surface area contributed by atoms with Crippen molar-refractivity contribution >= 4 is 56.9 Å². The van der Waals surface area contributed by atoms with Gasteiger partial charge in [0.15, 0.2) is 0 Å². The van der Waals surface area contributed by atoms with Gasteiger partial charge in [0.25, 0.3) is 0 Å². The van der Waals surface area contributed by atoms with Gasteiger partial charge < -0.3 is 15.7 Å². The molecule has 0 aliphatic carbocycles. The summed E-state index contributed by atoms with van der Waals surface area (Å²) < 4.78 is 16.8. The van der Waals surface area contributed by atoms with Gasteiger partial charge in [-0.25, -0.2) is 9.18 Å². The Labute approximate surface area is 149 Å². The predicted molar refractivity (Wildman–Crippen MR) is 96.5 cm³/mol. The van der Waals surface area contributed by atoms with Crippen LogP contribution >= 0.6 is 22.9 Å². The number of nitrogens with two attached hydrogens (primary N) is 1. The fourth-order valence-electron chi connectivity index (χ4n) is 3.36. The van der Waals surface area contributed by atoms with Crippen LogP contribution < -0.4 is 20.7 Å². The quantitative estimate of drug-likeness (QED) is 0.705. The van der Waals surface area contributed by atoms with Crippen molar-refractivity contribution in [3.63, 3.8) is 0 Å². The number of halogens is 2. The number of nitrogens with zero attached hydrogens (tertiary/aromatic N) is 2. The van der Waals surface area contributed by atoms with E-state index in [0.717, 1.165) is 17.4 Å². The zero-order valence-corrected chi connectivity index (χ0v) is 14.5. The van der Waals surface area contributed by atoms with Crippen LogP contribution in [-0.4, -0.2) is 34.6 Å². The smallest absolute Gasteiger partial charge is 0.342 e. The first-order valence-corrected chi connectivity index (χ1v) is 8.72. The second-order valence-corrected chi connectivity index (χ2v) is 7.50. The Morgan fingerprint density at radius 3 is 2.80 bits per heavy atom. The molecule has 25 heavy (non-hydrogen) atoms. The maximum Gasteiger partial charge on any atom is 0.342 e. The molecule has 4 rings (SSSR count). The van der Waals surface area contributed by atoms with Gasteiger partial charge in [-0.3, -0.25) is 9.20 Å². The lowest BCUT2D eigenvalue weighted by Gasteiger charge is -2.23. The number of carboxylic acids is 1.